The summed E-state index contributed by atoms with van der Waals surface area (Å²) in [5, 5.41) is 9.14. The van der Waals surface area contributed by atoms with Gasteiger partial charge in [-0.2, -0.15) is 0 Å². The summed E-state index contributed by atoms with van der Waals surface area (Å²) in [5.41, 5.74) is 1.85. The van der Waals surface area contributed by atoms with E-state index >= 15 is 0 Å². The average molecular weight is 432 g/mol. The van der Waals surface area contributed by atoms with Crippen molar-refractivity contribution in [2.45, 2.75) is 46.6 Å². The predicted molar refractivity (Wildman–Crippen MR) is 120 cm³/mol. The molecule has 0 radical (unpaired) electrons. The van der Waals surface area contributed by atoms with Crippen LogP contribution in [0.5, 0.6) is 11.5 Å². The Hall–Kier alpha value is -2.80. The van der Waals surface area contributed by atoms with Gasteiger partial charge in [-0.15, -0.1) is 0 Å². The van der Waals surface area contributed by atoms with Crippen molar-refractivity contribution >= 4 is 5.97 Å². The zero-order chi connectivity index (χ0) is 23.0. The van der Waals surface area contributed by atoms with Gasteiger partial charge in [0.25, 0.3) is 0 Å². The molecule has 0 atom stereocenters. The third kappa shape index (κ3) is 6.34. The van der Waals surface area contributed by atoms with Crippen molar-refractivity contribution in [2.24, 2.45) is 5.92 Å². The maximum atomic E-state index is 12.1. The summed E-state index contributed by atoms with van der Waals surface area (Å²) in [6, 6.07) is 5.14. The van der Waals surface area contributed by atoms with E-state index in [9.17, 15) is 9.59 Å². The highest BCUT2D eigenvalue weighted by Gasteiger charge is 2.22. The van der Waals surface area contributed by atoms with Crippen LogP contribution in [-0.2, 0) is 17.7 Å². The molecule has 170 valence electrons. The summed E-state index contributed by atoms with van der Waals surface area (Å²) in [4.78, 5) is 23.3. The van der Waals surface area contributed by atoms with Gasteiger partial charge in [-0.1, -0.05) is 27.2 Å². The summed E-state index contributed by atoms with van der Waals surface area (Å²) in [6.07, 6.45) is 4.19. The topological polar surface area (TPSA) is 87.0 Å². The number of aromatic nitrogens is 1. The Morgan fingerprint density at radius 3 is 2.45 bits per heavy atom. The highest BCUT2D eigenvalue weighted by Crippen LogP contribution is 2.38. The van der Waals surface area contributed by atoms with Gasteiger partial charge < -0.3 is 23.9 Å². The Morgan fingerprint density at radius 1 is 1.16 bits per heavy atom. The number of nitrogens with zero attached hydrogens (tertiary/aromatic N) is 1. The Bertz CT molecular complexity index is 948. The molecule has 0 aliphatic carbocycles. The van der Waals surface area contributed by atoms with Gasteiger partial charge in [0.15, 0.2) is 16.9 Å². The summed E-state index contributed by atoms with van der Waals surface area (Å²) in [6.45, 7) is 8.37. The number of aryl methyl sites for hydroxylation is 2. The van der Waals surface area contributed by atoms with Gasteiger partial charge in [0.05, 0.1) is 19.4 Å². The fourth-order valence-electron chi connectivity index (χ4n) is 3.10. The molecule has 1 aromatic carbocycles. The van der Waals surface area contributed by atoms with E-state index in [1.807, 2.05) is 12.1 Å². The van der Waals surface area contributed by atoms with Gasteiger partial charge in [-0.3, -0.25) is 4.79 Å². The molecule has 0 fully saturated rings. The molecule has 0 unspecified atom stereocenters. The second kappa shape index (κ2) is 11.6. The predicted octanol–water partition coefficient (Wildman–Crippen LogP) is 4.25. The smallest absolute Gasteiger partial charge is 0.341 e. The van der Waals surface area contributed by atoms with Gasteiger partial charge in [-0.25, -0.2) is 4.79 Å². The molecule has 7 heteroatoms. The molecule has 1 aromatic heterocycles. The molecule has 31 heavy (non-hydrogen) atoms. The van der Waals surface area contributed by atoms with Gasteiger partial charge >= 0.3 is 5.97 Å². The minimum Gasteiger partial charge on any atom is -0.493 e. The van der Waals surface area contributed by atoms with E-state index in [0.29, 0.717) is 43.4 Å². The first-order valence-corrected chi connectivity index (χ1v) is 10.6. The van der Waals surface area contributed by atoms with E-state index in [4.69, 9.17) is 19.3 Å². The molecular formula is C24H33NO6. The van der Waals surface area contributed by atoms with Crippen LogP contribution >= 0.6 is 0 Å². The molecule has 0 bridgehead atoms. The largest absolute Gasteiger partial charge is 0.493 e. The lowest BCUT2D eigenvalue weighted by Gasteiger charge is -2.24. The first-order valence-electron chi connectivity index (χ1n) is 10.6. The summed E-state index contributed by atoms with van der Waals surface area (Å²) < 4.78 is 18.1. The maximum Gasteiger partial charge on any atom is 0.341 e. The van der Waals surface area contributed by atoms with Crippen molar-refractivity contribution in [1.82, 2.24) is 4.57 Å². The first kappa shape index (κ1) is 24.5. The highest BCUT2D eigenvalue weighted by atomic mass is 16.5. The maximum absolute atomic E-state index is 12.1. The number of fused-ring (bicyclic) bond motifs is 3. The van der Waals surface area contributed by atoms with Crippen LogP contribution in [0, 0.1) is 5.92 Å². The summed E-state index contributed by atoms with van der Waals surface area (Å²) in [5.74, 6) is 0.896. The average Bonchev–Trinajstić information content (AvgIpc) is 2.75. The monoisotopic (exact) mass is 431 g/mol. The van der Waals surface area contributed by atoms with Crippen LogP contribution in [0.4, 0.5) is 0 Å². The number of pyridine rings is 1. The minimum atomic E-state index is -1.21. The van der Waals surface area contributed by atoms with Crippen LogP contribution < -0.4 is 14.9 Å². The molecule has 0 amide bonds. The van der Waals surface area contributed by atoms with E-state index in [2.05, 4.69) is 20.8 Å². The number of methoxy groups -OCH3 is 2. The molecule has 0 saturated heterocycles. The number of ether oxygens (including phenoxy) is 3. The number of benzene rings is 1. The van der Waals surface area contributed by atoms with Crippen LogP contribution in [0.2, 0.25) is 0 Å². The van der Waals surface area contributed by atoms with E-state index in [1.54, 1.807) is 18.8 Å². The molecular weight excluding hydrogens is 398 g/mol. The number of carbonyl (C=O) groups is 1. The van der Waals surface area contributed by atoms with Crippen molar-refractivity contribution in [3.63, 3.8) is 0 Å². The van der Waals surface area contributed by atoms with Gasteiger partial charge in [0, 0.05) is 44.5 Å². The molecule has 1 aliphatic rings. The fourth-order valence-corrected chi connectivity index (χ4v) is 3.10. The Kier molecular flexibility index (Phi) is 9.12. The third-order valence-electron chi connectivity index (χ3n) is 5.21. The third-order valence-corrected chi connectivity index (χ3v) is 5.21. The SMILES string of the molecule is CCC(C)C.COCCCOc1cc2c(cc1OC)-c1cc(=O)c(C(=O)O)cn1CC2. The number of hydrogen-bond donors (Lipinski definition) is 1. The Labute approximate surface area is 183 Å². The Balaban J connectivity index is 0.000000614. The quantitative estimate of drug-likeness (QED) is 0.629. The second-order valence-corrected chi connectivity index (χ2v) is 7.84. The molecule has 7 nitrogen and oxygen atoms in total. The molecule has 1 aliphatic heterocycles. The van der Waals surface area contributed by atoms with Crippen LogP contribution in [0.3, 0.4) is 0 Å². The highest BCUT2D eigenvalue weighted by molar-refractivity contribution is 5.87. The minimum absolute atomic E-state index is 0.220. The van der Waals surface area contributed by atoms with E-state index in [-0.39, 0.29) is 5.56 Å². The molecule has 2 heterocycles. The lowest BCUT2D eigenvalue weighted by Crippen LogP contribution is -2.22. The van der Waals surface area contributed by atoms with Crippen molar-refractivity contribution in [1.29, 1.82) is 0 Å². The zero-order valence-corrected chi connectivity index (χ0v) is 19.1. The molecule has 0 saturated carbocycles. The van der Waals surface area contributed by atoms with Crippen molar-refractivity contribution in [2.75, 3.05) is 27.4 Å². The lowest BCUT2D eigenvalue weighted by atomic mass is 9.96. The van der Waals surface area contributed by atoms with E-state index in [0.717, 1.165) is 23.5 Å². The molecule has 0 spiro atoms. The van der Waals surface area contributed by atoms with Gasteiger partial charge in [0.2, 0.25) is 0 Å². The van der Waals surface area contributed by atoms with Crippen LogP contribution in [0.15, 0.2) is 29.2 Å². The summed E-state index contributed by atoms with van der Waals surface area (Å²) in [7, 11) is 3.21. The standard InChI is InChI=1S/C19H21NO6.C5H12/c1-24-6-3-7-26-18-8-12-4-5-20-11-14(19(22)23)16(21)10-15(20)13(12)9-17(18)25-2;1-4-5(2)3/h8-11H,3-7H2,1-2H3,(H,22,23);5H,4H2,1-3H3. The Morgan fingerprint density at radius 2 is 1.87 bits per heavy atom. The normalized spacial score (nSPS) is 11.8. The number of aromatic carboxylic acids is 1. The lowest BCUT2D eigenvalue weighted by molar-refractivity contribution is 0.0694. The zero-order valence-electron chi connectivity index (χ0n) is 19.1. The fraction of sp³-hybridized carbons (Fsp3) is 0.500. The number of hydrogen-bond acceptors (Lipinski definition) is 5. The molecule has 1 N–H and O–H groups in total. The number of carboxylic acid groups (broad SMARTS) is 1. The van der Waals surface area contributed by atoms with Crippen LogP contribution in [0.1, 0.15) is 49.5 Å². The van der Waals surface area contributed by atoms with Crippen LogP contribution in [0.25, 0.3) is 11.3 Å². The number of carboxylic acids is 1. The molecule has 3 rings (SSSR count). The second-order valence-electron chi connectivity index (χ2n) is 7.84. The van der Waals surface area contributed by atoms with Crippen LogP contribution in [-0.4, -0.2) is 43.1 Å². The van der Waals surface area contributed by atoms with E-state index in [1.165, 1.54) is 18.7 Å². The van der Waals surface area contributed by atoms with Gasteiger partial charge in [0.1, 0.15) is 5.56 Å². The van der Waals surface area contributed by atoms with Crippen molar-refractivity contribution in [3.8, 4) is 22.8 Å². The summed E-state index contributed by atoms with van der Waals surface area (Å²) >= 11 is 0. The molecule has 2 aromatic rings. The van der Waals surface area contributed by atoms with Crippen molar-refractivity contribution in [3.05, 3.63) is 45.7 Å². The first-order chi connectivity index (χ1) is 14.8. The van der Waals surface area contributed by atoms with Crippen molar-refractivity contribution < 1.29 is 24.1 Å². The number of rotatable bonds is 8. The van der Waals surface area contributed by atoms with E-state index < -0.39 is 11.4 Å². The van der Waals surface area contributed by atoms with Gasteiger partial charge in [-0.05, 0) is 30.0 Å².